The van der Waals surface area contributed by atoms with Crippen molar-refractivity contribution >= 4 is 11.8 Å². The maximum atomic E-state index is 5.64. The Bertz CT molecular complexity index is 1040. The van der Waals surface area contributed by atoms with Crippen molar-refractivity contribution in [3.05, 3.63) is 71.7 Å². The molecule has 0 atom stereocenters. The van der Waals surface area contributed by atoms with Crippen molar-refractivity contribution in [2.75, 3.05) is 49.1 Å². The van der Waals surface area contributed by atoms with E-state index in [4.69, 9.17) is 14.7 Å². The van der Waals surface area contributed by atoms with Gasteiger partial charge in [-0.15, -0.1) is 0 Å². The molecular weight excluding hydrogens is 400 g/mol. The first-order valence-corrected chi connectivity index (χ1v) is 11.5. The van der Waals surface area contributed by atoms with E-state index < -0.39 is 0 Å². The van der Waals surface area contributed by atoms with Crippen molar-refractivity contribution in [3.8, 4) is 5.75 Å². The van der Waals surface area contributed by atoms with E-state index in [0.717, 1.165) is 69.7 Å². The average molecular weight is 431 g/mol. The molecule has 0 spiro atoms. The summed E-state index contributed by atoms with van der Waals surface area (Å²) in [5, 5.41) is 0. The Morgan fingerprint density at radius 2 is 1.81 bits per heavy atom. The first kappa shape index (κ1) is 20.7. The van der Waals surface area contributed by atoms with Crippen LogP contribution in [0.2, 0.25) is 0 Å². The van der Waals surface area contributed by atoms with Crippen molar-refractivity contribution in [2.24, 2.45) is 0 Å². The van der Waals surface area contributed by atoms with E-state index in [0.29, 0.717) is 6.61 Å². The van der Waals surface area contributed by atoms with Crippen molar-refractivity contribution in [1.82, 2.24) is 19.9 Å². The Morgan fingerprint density at radius 3 is 2.62 bits per heavy atom. The number of nitrogens with zero attached hydrogens (tertiary/aromatic N) is 6. The molecule has 1 saturated heterocycles. The Hall–Kier alpha value is -3.19. The maximum absolute atomic E-state index is 5.64. The Balaban J connectivity index is 1.20. The van der Waals surface area contributed by atoms with Gasteiger partial charge in [-0.1, -0.05) is 18.2 Å². The lowest BCUT2D eigenvalue weighted by Gasteiger charge is -2.36. The fourth-order valence-corrected chi connectivity index (χ4v) is 4.49. The van der Waals surface area contributed by atoms with Crippen LogP contribution in [0, 0.1) is 0 Å². The topological polar surface area (TPSA) is 57.6 Å². The van der Waals surface area contributed by atoms with E-state index in [2.05, 4.69) is 43.9 Å². The second kappa shape index (κ2) is 9.53. The highest BCUT2D eigenvalue weighted by Crippen LogP contribution is 2.23. The van der Waals surface area contributed by atoms with E-state index in [1.807, 2.05) is 37.5 Å². The van der Waals surface area contributed by atoms with Crippen LogP contribution in [0.5, 0.6) is 5.75 Å². The molecule has 166 valence electrons. The molecule has 0 saturated carbocycles. The highest BCUT2D eigenvalue weighted by molar-refractivity contribution is 5.42. The molecule has 7 heteroatoms. The van der Waals surface area contributed by atoms with Crippen LogP contribution in [0.4, 0.5) is 11.8 Å². The summed E-state index contributed by atoms with van der Waals surface area (Å²) in [6.07, 6.45) is 4.85. The predicted octanol–water partition coefficient (Wildman–Crippen LogP) is 3.16. The molecule has 5 rings (SSSR count). The number of pyridine rings is 1. The number of benzene rings is 1. The summed E-state index contributed by atoms with van der Waals surface area (Å²) in [6, 6.07) is 14.5. The van der Waals surface area contributed by atoms with Gasteiger partial charge in [0.05, 0.1) is 12.3 Å². The van der Waals surface area contributed by atoms with Gasteiger partial charge in [-0.2, -0.15) is 0 Å². The Labute approximate surface area is 189 Å². The van der Waals surface area contributed by atoms with Gasteiger partial charge in [0.1, 0.15) is 11.6 Å². The minimum Gasteiger partial charge on any atom is -0.494 e. The van der Waals surface area contributed by atoms with Crippen molar-refractivity contribution in [3.63, 3.8) is 0 Å². The van der Waals surface area contributed by atoms with Gasteiger partial charge in [-0.05, 0) is 36.8 Å². The molecule has 0 unspecified atom stereocenters. The van der Waals surface area contributed by atoms with Gasteiger partial charge in [-0.25, -0.2) is 15.0 Å². The summed E-state index contributed by atoms with van der Waals surface area (Å²) in [7, 11) is 0. The van der Waals surface area contributed by atoms with E-state index >= 15 is 0 Å². The molecule has 1 aromatic carbocycles. The van der Waals surface area contributed by atoms with Crippen molar-refractivity contribution in [1.29, 1.82) is 0 Å². The van der Waals surface area contributed by atoms with Crippen LogP contribution in [-0.4, -0.2) is 59.2 Å². The highest BCUT2D eigenvalue weighted by atomic mass is 16.5. The Morgan fingerprint density at radius 1 is 0.938 bits per heavy atom. The molecule has 7 nitrogen and oxygen atoms in total. The van der Waals surface area contributed by atoms with E-state index in [9.17, 15) is 0 Å². The largest absolute Gasteiger partial charge is 0.494 e. The number of hydrogen-bond acceptors (Lipinski definition) is 7. The second-order valence-corrected chi connectivity index (χ2v) is 8.35. The molecule has 2 aliphatic heterocycles. The summed E-state index contributed by atoms with van der Waals surface area (Å²) in [5.41, 5.74) is 3.72. The number of rotatable bonds is 6. The highest BCUT2D eigenvalue weighted by Gasteiger charge is 2.23. The molecule has 2 aliphatic rings. The van der Waals surface area contributed by atoms with Crippen LogP contribution in [0.15, 0.2) is 54.9 Å². The number of ether oxygens (including phenoxy) is 1. The molecule has 0 N–H and O–H groups in total. The standard InChI is InChI=1S/C25H30N6O/c1-2-32-22-7-5-6-20(16-22)18-29-11-9-23-21(19-29)17-27-25(28-23)31-14-12-30(13-15-31)24-8-3-4-10-26-24/h3-8,10,16-17H,2,9,11-15,18-19H2,1H3. The predicted molar refractivity (Wildman–Crippen MR) is 126 cm³/mol. The minimum absolute atomic E-state index is 0.693. The monoisotopic (exact) mass is 430 g/mol. The quantitative estimate of drug-likeness (QED) is 0.595. The lowest BCUT2D eigenvalue weighted by molar-refractivity contribution is 0.242. The third-order valence-electron chi connectivity index (χ3n) is 6.15. The van der Waals surface area contributed by atoms with Crippen LogP contribution >= 0.6 is 0 Å². The SMILES string of the molecule is CCOc1cccc(CN2CCc3nc(N4CCN(c5ccccn5)CC4)ncc3C2)c1. The van der Waals surface area contributed by atoms with E-state index in [1.54, 1.807) is 0 Å². The number of piperazine rings is 1. The summed E-state index contributed by atoms with van der Waals surface area (Å²) in [6.45, 7) is 9.23. The molecule has 0 bridgehead atoms. The molecule has 3 aromatic rings. The van der Waals surface area contributed by atoms with Crippen LogP contribution in [0.25, 0.3) is 0 Å². The lowest BCUT2D eigenvalue weighted by atomic mass is 10.1. The second-order valence-electron chi connectivity index (χ2n) is 8.35. The van der Waals surface area contributed by atoms with Crippen LogP contribution < -0.4 is 14.5 Å². The molecule has 1 fully saturated rings. The Kier molecular flexibility index (Phi) is 6.16. The van der Waals surface area contributed by atoms with Gasteiger partial charge in [0, 0.05) is 70.2 Å². The fourth-order valence-electron chi connectivity index (χ4n) is 4.49. The minimum atomic E-state index is 0.693. The molecule has 0 radical (unpaired) electrons. The van der Waals surface area contributed by atoms with Gasteiger partial charge in [0.15, 0.2) is 0 Å². The van der Waals surface area contributed by atoms with Gasteiger partial charge in [0.25, 0.3) is 0 Å². The van der Waals surface area contributed by atoms with Crippen LogP contribution in [-0.2, 0) is 19.5 Å². The van der Waals surface area contributed by atoms with E-state index in [-0.39, 0.29) is 0 Å². The summed E-state index contributed by atoms with van der Waals surface area (Å²) in [5.74, 6) is 2.85. The third kappa shape index (κ3) is 4.67. The van der Waals surface area contributed by atoms with Gasteiger partial charge < -0.3 is 14.5 Å². The van der Waals surface area contributed by atoms with Gasteiger partial charge >= 0.3 is 0 Å². The molecule has 0 amide bonds. The number of hydrogen-bond donors (Lipinski definition) is 0. The van der Waals surface area contributed by atoms with Crippen LogP contribution in [0.1, 0.15) is 23.7 Å². The number of aromatic nitrogens is 3. The molecule has 32 heavy (non-hydrogen) atoms. The third-order valence-corrected chi connectivity index (χ3v) is 6.15. The van der Waals surface area contributed by atoms with Crippen molar-refractivity contribution < 1.29 is 4.74 Å². The average Bonchev–Trinajstić information content (AvgIpc) is 2.85. The number of fused-ring (bicyclic) bond motifs is 1. The van der Waals surface area contributed by atoms with Crippen LogP contribution in [0.3, 0.4) is 0 Å². The summed E-state index contributed by atoms with van der Waals surface area (Å²) in [4.78, 5) is 21.2. The zero-order valence-corrected chi connectivity index (χ0v) is 18.7. The summed E-state index contributed by atoms with van der Waals surface area (Å²) < 4.78 is 5.64. The fraction of sp³-hybridized carbons (Fsp3) is 0.400. The lowest BCUT2D eigenvalue weighted by Crippen LogP contribution is -2.47. The zero-order valence-electron chi connectivity index (χ0n) is 18.7. The first-order chi connectivity index (χ1) is 15.8. The van der Waals surface area contributed by atoms with E-state index in [1.165, 1.54) is 16.8 Å². The van der Waals surface area contributed by atoms with Crippen molar-refractivity contribution in [2.45, 2.75) is 26.4 Å². The molecule has 4 heterocycles. The first-order valence-electron chi connectivity index (χ1n) is 11.5. The number of anilines is 2. The smallest absolute Gasteiger partial charge is 0.225 e. The molecule has 2 aromatic heterocycles. The normalized spacial score (nSPS) is 16.7. The molecule has 0 aliphatic carbocycles. The maximum Gasteiger partial charge on any atom is 0.225 e. The zero-order chi connectivity index (χ0) is 21.8. The van der Waals surface area contributed by atoms with Gasteiger partial charge in [0.2, 0.25) is 5.95 Å². The molecular formula is C25H30N6O. The summed E-state index contributed by atoms with van der Waals surface area (Å²) >= 11 is 0. The van der Waals surface area contributed by atoms with Gasteiger partial charge in [-0.3, -0.25) is 4.90 Å².